The Labute approximate surface area is 124 Å². The molecule has 0 saturated carbocycles. The van der Waals surface area contributed by atoms with Crippen molar-refractivity contribution in [2.24, 2.45) is 0 Å². The number of rotatable bonds is 6. The highest BCUT2D eigenvalue weighted by Gasteiger charge is 2.14. The summed E-state index contributed by atoms with van der Waals surface area (Å²) in [6.07, 6.45) is -0.807. The molecule has 0 spiro atoms. The summed E-state index contributed by atoms with van der Waals surface area (Å²) in [5.41, 5.74) is 1.19. The molecule has 0 amide bonds. The largest absolute Gasteiger partial charge is 0.493 e. The number of hydrogen-bond donors (Lipinski definition) is 1. The molecule has 0 aliphatic carbocycles. The topological polar surface area (TPSA) is 38.7 Å². The van der Waals surface area contributed by atoms with Crippen LogP contribution in [0.25, 0.3) is 0 Å². The molecule has 0 heterocycles. The lowest BCUT2D eigenvalue weighted by molar-refractivity contribution is 0.105. The van der Waals surface area contributed by atoms with Crippen LogP contribution in [0.3, 0.4) is 0 Å². The fourth-order valence-corrected chi connectivity index (χ4v) is 2.01. The van der Waals surface area contributed by atoms with Gasteiger partial charge in [-0.1, -0.05) is 18.2 Å². The lowest BCUT2D eigenvalue weighted by Crippen LogP contribution is -2.11. The van der Waals surface area contributed by atoms with Crippen molar-refractivity contribution in [1.82, 2.24) is 0 Å². The Kier molecular flexibility index (Phi) is 5.17. The van der Waals surface area contributed by atoms with Gasteiger partial charge in [-0.3, -0.25) is 0 Å². The molecule has 0 saturated heterocycles. The first-order valence-electron chi connectivity index (χ1n) is 6.90. The standard InChI is InChI=1S/C17H19FO3/c1-3-20-17-7-5-4-6-14(17)16(19)11-21-13-8-9-15(18)12(2)10-13/h4-10,16,19H,3,11H2,1-2H3. The third-order valence-corrected chi connectivity index (χ3v) is 3.12. The maximum Gasteiger partial charge on any atom is 0.126 e. The van der Waals surface area contributed by atoms with Crippen molar-refractivity contribution < 1.29 is 19.0 Å². The Balaban J connectivity index is 2.04. The van der Waals surface area contributed by atoms with E-state index >= 15 is 0 Å². The molecule has 4 heteroatoms. The fourth-order valence-electron chi connectivity index (χ4n) is 2.01. The van der Waals surface area contributed by atoms with E-state index in [1.54, 1.807) is 25.1 Å². The van der Waals surface area contributed by atoms with E-state index in [0.29, 0.717) is 29.2 Å². The minimum absolute atomic E-state index is 0.0785. The normalized spacial score (nSPS) is 12.0. The Bertz CT molecular complexity index is 598. The van der Waals surface area contributed by atoms with Crippen molar-refractivity contribution in [2.45, 2.75) is 20.0 Å². The molecule has 21 heavy (non-hydrogen) atoms. The van der Waals surface area contributed by atoms with Crippen LogP contribution in [0, 0.1) is 12.7 Å². The van der Waals surface area contributed by atoms with Crippen LogP contribution in [0.15, 0.2) is 42.5 Å². The molecule has 0 bridgehead atoms. The lowest BCUT2D eigenvalue weighted by Gasteiger charge is -2.16. The predicted molar refractivity (Wildman–Crippen MR) is 79.2 cm³/mol. The molecule has 3 nitrogen and oxygen atoms in total. The first-order valence-corrected chi connectivity index (χ1v) is 6.90. The van der Waals surface area contributed by atoms with Gasteiger partial charge in [0.05, 0.1) is 6.61 Å². The van der Waals surface area contributed by atoms with E-state index < -0.39 is 6.10 Å². The number of para-hydroxylation sites is 1. The Morgan fingerprint density at radius 1 is 1.14 bits per heavy atom. The van der Waals surface area contributed by atoms with Crippen molar-refractivity contribution in [3.8, 4) is 11.5 Å². The van der Waals surface area contributed by atoms with Crippen molar-refractivity contribution in [2.75, 3.05) is 13.2 Å². The van der Waals surface area contributed by atoms with Crippen LogP contribution in [-0.4, -0.2) is 18.3 Å². The zero-order valence-electron chi connectivity index (χ0n) is 12.2. The molecule has 0 aliphatic rings. The van der Waals surface area contributed by atoms with Crippen molar-refractivity contribution in [3.05, 3.63) is 59.4 Å². The zero-order chi connectivity index (χ0) is 15.2. The van der Waals surface area contributed by atoms with Gasteiger partial charge in [-0.05, 0) is 43.7 Å². The van der Waals surface area contributed by atoms with Crippen LogP contribution in [0.1, 0.15) is 24.2 Å². The Morgan fingerprint density at radius 3 is 2.62 bits per heavy atom. The number of halogens is 1. The van der Waals surface area contributed by atoms with Crippen LogP contribution in [0.5, 0.6) is 11.5 Å². The Morgan fingerprint density at radius 2 is 1.90 bits per heavy atom. The van der Waals surface area contributed by atoms with E-state index in [1.807, 2.05) is 25.1 Å². The molecule has 112 valence electrons. The maximum absolute atomic E-state index is 13.2. The van der Waals surface area contributed by atoms with Crippen LogP contribution in [0.2, 0.25) is 0 Å². The second-order valence-corrected chi connectivity index (χ2v) is 4.71. The summed E-state index contributed by atoms with van der Waals surface area (Å²) in [6, 6.07) is 11.8. The highest BCUT2D eigenvalue weighted by atomic mass is 19.1. The molecule has 0 aliphatic heterocycles. The molecule has 1 unspecified atom stereocenters. The molecule has 1 atom stereocenters. The second kappa shape index (κ2) is 7.09. The summed E-state index contributed by atoms with van der Waals surface area (Å²) in [6.45, 7) is 4.17. The van der Waals surface area contributed by atoms with Crippen molar-refractivity contribution in [3.63, 3.8) is 0 Å². The molecule has 2 aromatic carbocycles. The third-order valence-electron chi connectivity index (χ3n) is 3.12. The minimum Gasteiger partial charge on any atom is -0.493 e. The van der Waals surface area contributed by atoms with Crippen molar-refractivity contribution in [1.29, 1.82) is 0 Å². The van der Waals surface area contributed by atoms with Gasteiger partial charge in [0.25, 0.3) is 0 Å². The van der Waals surface area contributed by atoms with E-state index in [4.69, 9.17) is 9.47 Å². The number of aliphatic hydroxyl groups excluding tert-OH is 1. The van der Waals surface area contributed by atoms with E-state index in [9.17, 15) is 9.50 Å². The quantitative estimate of drug-likeness (QED) is 0.882. The van der Waals surface area contributed by atoms with E-state index in [-0.39, 0.29) is 12.4 Å². The van der Waals surface area contributed by atoms with Gasteiger partial charge in [-0.2, -0.15) is 0 Å². The molecular formula is C17H19FO3. The average molecular weight is 290 g/mol. The van der Waals surface area contributed by atoms with Gasteiger partial charge in [-0.25, -0.2) is 4.39 Å². The molecule has 0 aromatic heterocycles. The van der Waals surface area contributed by atoms with E-state index in [2.05, 4.69) is 0 Å². The van der Waals surface area contributed by atoms with Gasteiger partial charge in [0, 0.05) is 5.56 Å². The smallest absolute Gasteiger partial charge is 0.126 e. The summed E-state index contributed by atoms with van der Waals surface area (Å²) in [7, 11) is 0. The molecule has 0 fully saturated rings. The van der Waals surface area contributed by atoms with Crippen LogP contribution in [-0.2, 0) is 0 Å². The fraction of sp³-hybridized carbons (Fsp3) is 0.294. The predicted octanol–water partition coefficient (Wildman–Crippen LogP) is 3.65. The number of aryl methyl sites for hydroxylation is 1. The second-order valence-electron chi connectivity index (χ2n) is 4.71. The summed E-state index contributed by atoms with van der Waals surface area (Å²) in [5, 5.41) is 10.2. The zero-order valence-corrected chi connectivity index (χ0v) is 12.2. The molecule has 0 radical (unpaired) electrons. The number of aliphatic hydroxyl groups is 1. The average Bonchev–Trinajstić information content (AvgIpc) is 2.49. The van der Waals surface area contributed by atoms with Crippen LogP contribution in [0.4, 0.5) is 4.39 Å². The number of ether oxygens (including phenoxy) is 2. The van der Waals surface area contributed by atoms with Gasteiger partial charge in [0.2, 0.25) is 0 Å². The van der Waals surface area contributed by atoms with E-state index in [1.165, 1.54) is 6.07 Å². The first-order chi connectivity index (χ1) is 10.1. The molecule has 2 rings (SSSR count). The van der Waals surface area contributed by atoms with Crippen LogP contribution < -0.4 is 9.47 Å². The summed E-state index contributed by atoms with van der Waals surface area (Å²) in [5.74, 6) is 0.901. The SMILES string of the molecule is CCOc1ccccc1C(O)COc1ccc(F)c(C)c1. The highest BCUT2D eigenvalue weighted by Crippen LogP contribution is 2.26. The van der Waals surface area contributed by atoms with Gasteiger partial charge in [-0.15, -0.1) is 0 Å². The minimum atomic E-state index is -0.807. The number of hydrogen-bond acceptors (Lipinski definition) is 3. The van der Waals surface area contributed by atoms with E-state index in [0.717, 1.165) is 0 Å². The maximum atomic E-state index is 13.2. The Hall–Kier alpha value is -2.07. The first kappa shape index (κ1) is 15.3. The summed E-state index contributed by atoms with van der Waals surface area (Å²) < 4.78 is 24.2. The molecule has 1 N–H and O–H groups in total. The summed E-state index contributed by atoms with van der Waals surface area (Å²) >= 11 is 0. The van der Waals surface area contributed by atoms with Gasteiger partial charge < -0.3 is 14.6 Å². The monoisotopic (exact) mass is 290 g/mol. The summed E-state index contributed by atoms with van der Waals surface area (Å²) in [4.78, 5) is 0. The van der Waals surface area contributed by atoms with Gasteiger partial charge in [0.1, 0.15) is 30.0 Å². The molecular weight excluding hydrogens is 271 g/mol. The van der Waals surface area contributed by atoms with Gasteiger partial charge >= 0.3 is 0 Å². The van der Waals surface area contributed by atoms with Crippen molar-refractivity contribution >= 4 is 0 Å². The highest BCUT2D eigenvalue weighted by molar-refractivity contribution is 5.35. The molecule has 2 aromatic rings. The lowest BCUT2D eigenvalue weighted by atomic mass is 10.1. The van der Waals surface area contributed by atoms with Crippen LogP contribution >= 0.6 is 0 Å². The van der Waals surface area contributed by atoms with Gasteiger partial charge in [0.15, 0.2) is 0 Å². The third kappa shape index (κ3) is 3.95. The number of benzene rings is 2.